The van der Waals surface area contributed by atoms with Gasteiger partial charge in [-0.3, -0.25) is 4.90 Å². The number of nitrogens with zero attached hydrogens (tertiary/aromatic N) is 1. The summed E-state index contributed by atoms with van der Waals surface area (Å²) in [7, 11) is 1.68. The van der Waals surface area contributed by atoms with E-state index in [0.717, 1.165) is 25.3 Å². The lowest BCUT2D eigenvalue weighted by Gasteiger charge is -2.26. The summed E-state index contributed by atoms with van der Waals surface area (Å²) >= 11 is 0. The van der Waals surface area contributed by atoms with E-state index in [-0.39, 0.29) is 12.1 Å². The van der Waals surface area contributed by atoms with E-state index < -0.39 is 0 Å². The van der Waals surface area contributed by atoms with Gasteiger partial charge in [0.2, 0.25) is 0 Å². The van der Waals surface area contributed by atoms with Gasteiger partial charge < -0.3 is 9.84 Å². The first-order valence-corrected chi connectivity index (χ1v) is 8.26. The standard InChI is InChI=1S/C20H25NO2/c1-15-13-21(14-17-6-4-3-5-7-17)19(20(15)22)12-16-8-10-18(23-2)11-9-16/h3-11,15,19-20,22H,12-14H2,1-2H3/t15-,19+,20+/m0/s1. The predicted octanol–water partition coefficient (Wildman–Crippen LogP) is 3.12. The Hall–Kier alpha value is -1.84. The zero-order chi connectivity index (χ0) is 16.2. The molecule has 1 fully saturated rings. The van der Waals surface area contributed by atoms with Crippen molar-refractivity contribution in [3.05, 3.63) is 65.7 Å². The molecule has 2 aromatic rings. The Kier molecular flexibility index (Phi) is 4.99. The number of aliphatic hydroxyl groups is 1. The monoisotopic (exact) mass is 311 g/mol. The Morgan fingerprint density at radius 3 is 2.39 bits per heavy atom. The smallest absolute Gasteiger partial charge is 0.118 e. The van der Waals surface area contributed by atoms with E-state index in [0.29, 0.717) is 5.92 Å². The first-order chi connectivity index (χ1) is 11.2. The normalized spacial score (nSPS) is 24.7. The number of aliphatic hydroxyl groups excluding tert-OH is 1. The van der Waals surface area contributed by atoms with Gasteiger partial charge in [-0.15, -0.1) is 0 Å². The van der Waals surface area contributed by atoms with Crippen LogP contribution in [-0.2, 0) is 13.0 Å². The Morgan fingerprint density at radius 1 is 1.04 bits per heavy atom. The van der Waals surface area contributed by atoms with Crippen molar-refractivity contribution in [2.75, 3.05) is 13.7 Å². The molecule has 0 bridgehead atoms. The van der Waals surface area contributed by atoms with Crippen molar-refractivity contribution in [1.29, 1.82) is 0 Å². The number of methoxy groups -OCH3 is 1. The third-order valence-electron chi connectivity index (χ3n) is 4.80. The molecule has 0 unspecified atom stereocenters. The molecule has 1 N–H and O–H groups in total. The van der Waals surface area contributed by atoms with Crippen LogP contribution in [0, 0.1) is 5.92 Å². The highest BCUT2D eigenvalue weighted by Crippen LogP contribution is 2.28. The SMILES string of the molecule is COc1ccc(C[C@@H]2[C@H](O)[C@@H](C)CN2Cc2ccccc2)cc1. The van der Waals surface area contributed by atoms with Gasteiger partial charge in [0.05, 0.1) is 13.2 Å². The summed E-state index contributed by atoms with van der Waals surface area (Å²) in [5.74, 6) is 1.18. The lowest BCUT2D eigenvalue weighted by molar-refractivity contribution is 0.0960. The average molecular weight is 311 g/mol. The van der Waals surface area contributed by atoms with Crippen molar-refractivity contribution >= 4 is 0 Å². The van der Waals surface area contributed by atoms with E-state index in [2.05, 4.69) is 48.2 Å². The highest BCUT2D eigenvalue weighted by Gasteiger charge is 2.37. The molecule has 0 aliphatic carbocycles. The average Bonchev–Trinajstić information content (AvgIpc) is 2.84. The lowest BCUT2D eigenvalue weighted by Crippen LogP contribution is -2.36. The van der Waals surface area contributed by atoms with Crippen LogP contribution >= 0.6 is 0 Å². The molecule has 1 aliphatic heterocycles. The molecule has 3 atom stereocenters. The van der Waals surface area contributed by atoms with Crippen LogP contribution in [0.5, 0.6) is 5.75 Å². The van der Waals surface area contributed by atoms with Gasteiger partial charge in [0, 0.05) is 19.1 Å². The molecule has 122 valence electrons. The van der Waals surface area contributed by atoms with Crippen LogP contribution in [0.1, 0.15) is 18.1 Å². The molecule has 1 saturated heterocycles. The van der Waals surface area contributed by atoms with Gasteiger partial charge in [0.15, 0.2) is 0 Å². The summed E-state index contributed by atoms with van der Waals surface area (Å²) in [4.78, 5) is 2.41. The van der Waals surface area contributed by atoms with Gasteiger partial charge in [-0.2, -0.15) is 0 Å². The lowest BCUT2D eigenvalue weighted by atomic mass is 9.97. The van der Waals surface area contributed by atoms with Crippen molar-refractivity contribution in [3.8, 4) is 5.75 Å². The van der Waals surface area contributed by atoms with E-state index in [1.807, 2.05) is 18.2 Å². The molecule has 0 spiro atoms. The zero-order valence-corrected chi connectivity index (χ0v) is 13.9. The topological polar surface area (TPSA) is 32.7 Å². The fraction of sp³-hybridized carbons (Fsp3) is 0.400. The molecule has 0 radical (unpaired) electrons. The third-order valence-corrected chi connectivity index (χ3v) is 4.80. The highest BCUT2D eigenvalue weighted by molar-refractivity contribution is 5.28. The van der Waals surface area contributed by atoms with E-state index >= 15 is 0 Å². The van der Waals surface area contributed by atoms with Gasteiger partial charge >= 0.3 is 0 Å². The second-order valence-corrected chi connectivity index (χ2v) is 6.50. The van der Waals surface area contributed by atoms with Gasteiger partial charge in [-0.05, 0) is 35.6 Å². The molecular formula is C20H25NO2. The number of rotatable bonds is 5. The molecule has 23 heavy (non-hydrogen) atoms. The van der Waals surface area contributed by atoms with Crippen molar-refractivity contribution in [2.45, 2.75) is 32.0 Å². The molecular weight excluding hydrogens is 286 g/mol. The first kappa shape index (κ1) is 16.0. The minimum absolute atomic E-state index is 0.165. The molecule has 0 amide bonds. The Bertz CT molecular complexity index is 611. The highest BCUT2D eigenvalue weighted by atomic mass is 16.5. The van der Waals surface area contributed by atoms with Crippen LogP contribution in [0.15, 0.2) is 54.6 Å². The fourth-order valence-electron chi connectivity index (χ4n) is 3.46. The van der Waals surface area contributed by atoms with E-state index in [9.17, 15) is 5.11 Å². The molecule has 1 heterocycles. The summed E-state index contributed by atoms with van der Waals surface area (Å²) in [6.07, 6.45) is 0.586. The Labute approximate surface area is 138 Å². The van der Waals surface area contributed by atoms with Crippen LogP contribution in [-0.4, -0.2) is 35.8 Å². The third kappa shape index (κ3) is 3.74. The summed E-state index contributed by atoms with van der Waals surface area (Å²) in [5, 5.41) is 10.6. The van der Waals surface area contributed by atoms with Crippen LogP contribution < -0.4 is 4.74 Å². The minimum Gasteiger partial charge on any atom is -0.497 e. The number of likely N-dealkylation sites (tertiary alicyclic amines) is 1. The summed E-state index contributed by atoms with van der Waals surface area (Å²) < 4.78 is 5.22. The number of hydrogen-bond acceptors (Lipinski definition) is 3. The number of ether oxygens (including phenoxy) is 1. The minimum atomic E-state index is -0.277. The van der Waals surface area contributed by atoms with Crippen molar-refractivity contribution in [1.82, 2.24) is 4.90 Å². The molecule has 3 rings (SSSR count). The Morgan fingerprint density at radius 2 is 1.74 bits per heavy atom. The molecule has 2 aromatic carbocycles. The second-order valence-electron chi connectivity index (χ2n) is 6.50. The summed E-state index contributed by atoms with van der Waals surface area (Å²) in [6, 6.07) is 18.8. The van der Waals surface area contributed by atoms with Crippen LogP contribution in [0.3, 0.4) is 0 Å². The molecule has 3 heteroatoms. The van der Waals surface area contributed by atoms with Crippen LogP contribution in [0.4, 0.5) is 0 Å². The van der Waals surface area contributed by atoms with Crippen molar-refractivity contribution in [2.24, 2.45) is 5.92 Å². The van der Waals surface area contributed by atoms with Crippen LogP contribution in [0.25, 0.3) is 0 Å². The van der Waals surface area contributed by atoms with E-state index in [1.54, 1.807) is 7.11 Å². The predicted molar refractivity (Wildman–Crippen MR) is 92.5 cm³/mol. The van der Waals surface area contributed by atoms with E-state index in [4.69, 9.17) is 4.74 Å². The van der Waals surface area contributed by atoms with Gasteiger partial charge in [0.25, 0.3) is 0 Å². The summed E-state index contributed by atoms with van der Waals surface area (Å²) in [5.41, 5.74) is 2.54. The van der Waals surface area contributed by atoms with Gasteiger partial charge in [-0.1, -0.05) is 49.4 Å². The van der Waals surface area contributed by atoms with Crippen molar-refractivity contribution < 1.29 is 9.84 Å². The largest absolute Gasteiger partial charge is 0.497 e. The molecule has 3 nitrogen and oxygen atoms in total. The van der Waals surface area contributed by atoms with Gasteiger partial charge in [-0.25, -0.2) is 0 Å². The molecule has 0 saturated carbocycles. The molecule has 0 aromatic heterocycles. The maximum Gasteiger partial charge on any atom is 0.118 e. The Balaban J connectivity index is 1.73. The van der Waals surface area contributed by atoms with Gasteiger partial charge in [0.1, 0.15) is 5.75 Å². The summed E-state index contributed by atoms with van der Waals surface area (Å²) in [6.45, 7) is 3.97. The molecule has 1 aliphatic rings. The maximum atomic E-state index is 10.6. The zero-order valence-electron chi connectivity index (χ0n) is 13.9. The fourth-order valence-corrected chi connectivity index (χ4v) is 3.46. The maximum absolute atomic E-state index is 10.6. The van der Waals surface area contributed by atoms with Crippen LogP contribution in [0.2, 0.25) is 0 Å². The second kappa shape index (κ2) is 7.16. The van der Waals surface area contributed by atoms with Crippen molar-refractivity contribution in [3.63, 3.8) is 0 Å². The number of hydrogen-bond donors (Lipinski definition) is 1. The first-order valence-electron chi connectivity index (χ1n) is 8.26. The quantitative estimate of drug-likeness (QED) is 0.921. The number of benzene rings is 2. The van der Waals surface area contributed by atoms with E-state index in [1.165, 1.54) is 11.1 Å².